The van der Waals surface area contributed by atoms with Gasteiger partial charge in [-0.05, 0) is 31.2 Å². The normalized spacial score (nSPS) is 26.9. The number of nitrogens with zero attached hydrogens (tertiary/aromatic N) is 1. The third-order valence-electron chi connectivity index (χ3n) is 4.88. The molecule has 24 heavy (non-hydrogen) atoms. The highest BCUT2D eigenvalue weighted by Gasteiger charge is 2.40. The van der Waals surface area contributed by atoms with Crippen LogP contribution in [0.1, 0.15) is 24.8 Å². The summed E-state index contributed by atoms with van der Waals surface area (Å²) in [5.74, 6) is 0.131. The molecule has 0 radical (unpaired) electrons. The van der Waals surface area contributed by atoms with Crippen molar-refractivity contribution in [3.05, 3.63) is 35.9 Å². The van der Waals surface area contributed by atoms with Crippen LogP contribution in [0.2, 0.25) is 0 Å². The predicted octanol–water partition coefficient (Wildman–Crippen LogP) is 2.04. The minimum atomic E-state index is -0.263. The zero-order valence-corrected chi connectivity index (χ0v) is 14.4. The molecule has 5 heteroatoms. The molecular weight excluding hydrogens is 306 g/mol. The summed E-state index contributed by atoms with van der Waals surface area (Å²) in [5.41, 5.74) is 1.23. The number of carbonyl (C=O) groups excluding carboxylic acids is 1. The van der Waals surface area contributed by atoms with Gasteiger partial charge in [-0.1, -0.05) is 30.3 Å². The lowest BCUT2D eigenvalue weighted by Crippen LogP contribution is -2.46. The van der Waals surface area contributed by atoms with Gasteiger partial charge in [0.25, 0.3) is 5.91 Å². The van der Waals surface area contributed by atoms with Crippen LogP contribution in [-0.2, 0) is 25.4 Å². The van der Waals surface area contributed by atoms with Crippen molar-refractivity contribution in [2.24, 2.45) is 0 Å². The van der Waals surface area contributed by atoms with Crippen molar-refractivity contribution in [1.82, 2.24) is 4.90 Å². The maximum Gasteiger partial charge on any atom is 0.252 e. The average molecular weight is 333 g/mol. The minimum Gasteiger partial charge on any atom is -0.382 e. The Balaban J connectivity index is 1.70. The lowest BCUT2D eigenvalue weighted by atomic mass is 10.0. The van der Waals surface area contributed by atoms with Gasteiger partial charge in [-0.2, -0.15) is 0 Å². The molecule has 0 unspecified atom stereocenters. The van der Waals surface area contributed by atoms with Crippen LogP contribution in [0.4, 0.5) is 0 Å². The standard InChI is InChI=1S/C19H27NO4/c1-22-12-13-24-17-9-10-20(19(21)18-8-5-11-23-18)16(17)14-15-6-3-2-4-7-15/h2-4,6-7,16-18H,5,8-14H2,1H3/t16-,17+,18+/m0/s1. The highest BCUT2D eigenvalue weighted by molar-refractivity contribution is 5.82. The summed E-state index contributed by atoms with van der Waals surface area (Å²) in [4.78, 5) is 14.8. The Kier molecular flexibility index (Phi) is 6.24. The lowest BCUT2D eigenvalue weighted by molar-refractivity contribution is -0.143. The second-order valence-electron chi connectivity index (χ2n) is 6.48. The molecule has 1 aromatic rings. The van der Waals surface area contributed by atoms with E-state index in [2.05, 4.69) is 12.1 Å². The van der Waals surface area contributed by atoms with Gasteiger partial charge < -0.3 is 19.1 Å². The number of benzene rings is 1. The molecule has 3 atom stereocenters. The number of amides is 1. The minimum absolute atomic E-state index is 0.0608. The molecule has 132 valence electrons. The monoisotopic (exact) mass is 333 g/mol. The van der Waals surface area contributed by atoms with Gasteiger partial charge in [0.05, 0.1) is 25.4 Å². The summed E-state index contributed by atoms with van der Waals surface area (Å²) < 4.78 is 16.7. The molecule has 2 heterocycles. The summed E-state index contributed by atoms with van der Waals surface area (Å²) >= 11 is 0. The first kappa shape index (κ1) is 17.4. The van der Waals surface area contributed by atoms with Crippen molar-refractivity contribution in [2.75, 3.05) is 33.5 Å². The van der Waals surface area contributed by atoms with Crippen LogP contribution in [0.3, 0.4) is 0 Å². The van der Waals surface area contributed by atoms with Crippen molar-refractivity contribution in [3.8, 4) is 0 Å². The number of methoxy groups -OCH3 is 1. The van der Waals surface area contributed by atoms with E-state index >= 15 is 0 Å². The fourth-order valence-corrected chi connectivity index (χ4v) is 3.63. The first-order valence-electron chi connectivity index (χ1n) is 8.86. The number of hydrogen-bond acceptors (Lipinski definition) is 4. The van der Waals surface area contributed by atoms with Gasteiger partial charge in [0, 0.05) is 20.3 Å². The Labute approximate surface area is 143 Å². The van der Waals surface area contributed by atoms with Crippen molar-refractivity contribution in [1.29, 1.82) is 0 Å². The van der Waals surface area contributed by atoms with Crippen LogP contribution in [0.25, 0.3) is 0 Å². The van der Waals surface area contributed by atoms with Crippen LogP contribution in [0, 0.1) is 0 Å². The van der Waals surface area contributed by atoms with Gasteiger partial charge in [-0.25, -0.2) is 0 Å². The van der Waals surface area contributed by atoms with Crippen molar-refractivity contribution < 1.29 is 19.0 Å². The topological polar surface area (TPSA) is 48.0 Å². The van der Waals surface area contributed by atoms with E-state index < -0.39 is 0 Å². The third kappa shape index (κ3) is 4.15. The smallest absolute Gasteiger partial charge is 0.252 e. The van der Waals surface area contributed by atoms with Gasteiger partial charge in [0.1, 0.15) is 6.10 Å². The third-order valence-corrected chi connectivity index (χ3v) is 4.88. The van der Waals surface area contributed by atoms with Crippen molar-refractivity contribution in [2.45, 2.75) is 43.9 Å². The maximum atomic E-state index is 12.8. The molecular formula is C19H27NO4. The number of rotatable bonds is 7. The fourth-order valence-electron chi connectivity index (χ4n) is 3.63. The number of hydrogen-bond donors (Lipinski definition) is 0. The van der Waals surface area contributed by atoms with E-state index in [4.69, 9.17) is 14.2 Å². The van der Waals surface area contributed by atoms with Gasteiger partial charge in [0.2, 0.25) is 0 Å². The molecule has 0 aliphatic carbocycles. The fraction of sp³-hybridized carbons (Fsp3) is 0.632. The van der Waals surface area contributed by atoms with Crippen LogP contribution >= 0.6 is 0 Å². The molecule has 2 fully saturated rings. The zero-order chi connectivity index (χ0) is 16.8. The molecule has 0 N–H and O–H groups in total. The Bertz CT molecular complexity index is 515. The first-order valence-corrected chi connectivity index (χ1v) is 8.86. The molecule has 0 bridgehead atoms. The molecule has 0 saturated carbocycles. The van der Waals surface area contributed by atoms with E-state index in [1.807, 2.05) is 23.1 Å². The van der Waals surface area contributed by atoms with Gasteiger partial charge in [-0.15, -0.1) is 0 Å². The average Bonchev–Trinajstić information content (AvgIpc) is 3.26. The Morgan fingerprint density at radius 1 is 1.25 bits per heavy atom. The van der Waals surface area contributed by atoms with Crippen LogP contribution in [0.5, 0.6) is 0 Å². The highest BCUT2D eigenvalue weighted by Crippen LogP contribution is 2.27. The number of ether oxygens (including phenoxy) is 3. The van der Waals surface area contributed by atoms with E-state index in [-0.39, 0.29) is 24.2 Å². The second-order valence-corrected chi connectivity index (χ2v) is 6.48. The Morgan fingerprint density at radius 3 is 2.79 bits per heavy atom. The molecule has 0 aromatic heterocycles. The molecule has 2 aliphatic rings. The lowest BCUT2D eigenvalue weighted by Gasteiger charge is -2.30. The van der Waals surface area contributed by atoms with Crippen LogP contribution in [-0.4, -0.2) is 62.5 Å². The quantitative estimate of drug-likeness (QED) is 0.717. The van der Waals surface area contributed by atoms with Crippen LogP contribution in [0.15, 0.2) is 30.3 Å². The SMILES string of the molecule is COCCO[C@@H]1CCN(C(=O)[C@H]2CCCO2)[C@H]1Cc1ccccc1. The first-order chi connectivity index (χ1) is 11.8. The van der Waals surface area contributed by atoms with Crippen LogP contribution < -0.4 is 0 Å². The molecule has 2 saturated heterocycles. The van der Waals surface area contributed by atoms with E-state index in [1.165, 1.54) is 5.56 Å². The van der Waals surface area contributed by atoms with Crippen molar-refractivity contribution in [3.63, 3.8) is 0 Å². The molecule has 5 nitrogen and oxygen atoms in total. The number of likely N-dealkylation sites (tertiary alicyclic amines) is 1. The zero-order valence-electron chi connectivity index (χ0n) is 14.4. The largest absolute Gasteiger partial charge is 0.382 e. The molecule has 2 aliphatic heterocycles. The molecule has 0 spiro atoms. The van der Waals surface area contributed by atoms with E-state index in [1.54, 1.807) is 7.11 Å². The maximum absolute atomic E-state index is 12.8. The van der Waals surface area contributed by atoms with Gasteiger partial charge in [0.15, 0.2) is 0 Å². The molecule has 1 aromatic carbocycles. The van der Waals surface area contributed by atoms with E-state index in [0.29, 0.717) is 19.8 Å². The summed E-state index contributed by atoms with van der Waals surface area (Å²) in [5, 5.41) is 0. The summed E-state index contributed by atoms with van der Waals surface area (Å²) in [7, 11) is 1.67. The summed E-state index contributed by atoms with van der Waals surface area (Å²) in [6.45, 7) is 2.58. The second kappa shape index (κ2) is 8.60. The Morgan fingerprint density at radius 2 is 2.08 bits per heavy atom. The van der Waals surface area contributed by atoms with E-state index in [9.17, 15) is 4.79 Å². The number of carbonyl (C=O) groups is 1. The van der Waals surface area contributed by atoms with Gasteiger partial charge in [-0.3, -0.25) is 4.79 Å². The Hall–Kier alpha value is -1.43. The molecule has 3 rings (SSSR count). The van der Waals surface area contributed by atoms with Crippen molar-refractivity contribution >= 4 is 5.91 Å². The molecule has 1 amide bonds. The van der Waals surface area contributed by atoms with E-state index in [0.717, 1.165) is 32.2 Å². The predicted molar refractivity (Wildman–Crippen MR) is 90.9 cm³/mol. The van der Waals surface area contributed by atoms with Gasteiger partial charge >= 0.3 is 0 Å². The summed E-state index contributed by atoms with van der Waals surface area (Å²) in [6.07, 6.45) is 3.30. The summed E-state index contributed by atoms with van der Waals surface area (Å²) in [6, 6.07) is 10.4. The highest BCUT2D eigenvalue weighted by atomic mass is 16.5.